The van der Waals surface area contributed by atoms with E-state index in [0.29, 0.717) is 18.1 Å². The monoisotopic (exact) mass is 358 g/mol. The Morgan fingerprint density at radius 2 is 2.12 bits per heavy atom. The fraction of sp³-hybridized carbons (Fsp3) is 0.222. The summed E-state index contributed by atoms with van der Waals surface area (Å²) in [5.74, 6) is 0.814. The minimum Gasteiger partial charge on any atom is -0.497 e. The van der Waals surface area contributed by atoms with Gasteiger partial charge in [0, 0.05) is 18.9 Å². The lowest BCUT2D eigenvalue weighted by Gasteiger charge is -2.07. The van der Waals surface area contributed by atoms with Crippen molar-refractivity contribution in [3.63, 3.8) is 0 Å². The molecular weight excluding hydrogens is 340 g/mol. The lowest BCUT2D eigenvalue weighted by atomic mass is 10.1. The molecule has 0 aliphatic rings. The molecule has 0 saturated carbocycles. The molecule has 0 fully saturated rings. The zero-order chi connectivity index (χ0) is 17.6. The van der Waals surface area contributed by atoms with Crippen LogP contribution in [0.3, 0.4) is 0 Å². The molecule has 2 amide bonds. The summed E-state index contributed by atoms with van der Waals surface area (Å²) >= 11 is 5.95. The predicted octanol–water partition coefficient (Wildman–Crippen LogP) is 3.04. The van der Waals surface area contributed by atoms with Gasteiger partial charge in [0.15, 0.2) is 0 Å². The maximum Gasteiger partial charge on any atom is 0.315 e. The number of imidazole rings is 1. The van der Waals surface area contributed by atoms with Crippen molar-refractivity contribution in [2.24, 2.45) is 0 Å². The van der Waals surface area contributed by atoms with Gasteiger partial charge in [-0.05, 0) is 36.2 Å². The fourth-order valence-electron chi connectivity index (χ4n) is 2.48. The second kappa shape index (κ2) is 7.90. The molecular formula is C18H19ClN4O2. The molecule has 0 saturated heterocycles. The smallest absolute Gasteiger partial charge is 0.315 e. The first-order valence-corrected chi connectivity index (χ1v) is 8.29. The zero-order valence-electron chi connectivity index (χ0n) is 13.8. The van der Waals surface area contributed by atoms with Crippen molar-refractivity contribution in [1.82, 2.24) is 20.0 Å². The van der Waals surface area contributed by atoms with Crippen molar-refractivity contribution < 1.29 is 9.53 Å². The number of amides is 2. The summed E-state index contributed by atoms with van der Waals surface area (Å²) in [6, 6.07) is 11.2. The molecule has 3 aromatic rings. The van der Waals surface area contributed by atoms with Crippen molar-refractivity contribution in [2.45, 2.75) is 13.0 Å². The number of nitrogens with zero attached hydrogens (tertiary/aromatic N) is 2. The van der Waals surface area contributed by atoms with Crippen LogP contribution in [0.5, 0.6) is 5.75 Å². The molecule has 2 aromatic heterocycles. The Morgan fingerprint density at radius 3 is 2.96 bits per heavy atom. The van der Waals surface area contributed by atoms with Crippen molar-refractivity contribution in [3.8, 4) is 5.75 Å². The average molecular weight is 359 g/mol. The number of nitrogens with one attached hydrogen (secondary N) is 2. The van der Waals surface area contributed by atoms with Gasteiger partial charge in [0.05, 0.1) is 24.4 Å². The number of ether oxygens (including phenoxy) is 1. The van der Waals surface area contributed by atoms with Crippen molar-refractivity contribution in [2.75, 3.05) is 13.7 Å². The lowest BCUT2D eigenvalue weighted by Crippen LogP contribution is -2.36. The van der Waals surface area contributed by atoms with E-state index in [-0.39, 0.29) is 6.03 Å². The molecule has 3 rings (SSSR count). The molecule has 1 aromatic carbocycles. The van der Waals surface area contributed by atoms with E-state index in [9.17, 15) is 4.79 Å². The van der Waals surface area contributed by atoms with Crippen LogP contribution < -0.4 is 15.4 Å². The number of hydrogen-bond acceptors (Lipinski definition) is 3. The maximum absolute atomic E-state index is 11.9. The number of aromatic nitrogens is 2. The molecule has 130 valence electrons. The third-order valence-corrected chi connectivity index (χ3v) is 3.95. The number of carbonyl (C=O) groups is 1. The Labute approximate surface area is 150 Å². The minimum absolute atomic E-state index is 0.224. The van der Waals surface area contributed by atoms with Crippen LogP contribution in [0.1, 0.15) is 11.3 Å². The Balaban J connectivity index is 1.45. The molecule has 0 aliphatic carbocycles. The highest BCUT2D eigenvalue weighted by atomic mass is 35.5. The van der Waals surface area contributed by atoms with E-state index >= 15 is 0 Å². The number of rotatable bonds is 6. The van der Waals surface area contributed by atoms with E-state index < -0.39 is 0 Å². The van der Waals surface area contributed by atoms with E-state index in [2.05, 4.69) is 15.6 Å². The topological polar surface area (TPSA) is 67.7 Å². The first-order chi connectivity index (χ1) is 12.1. The second-order valence-corrected chi connectivity index (χ2v) is 5.99. The molecule has 6 nitrogen and oxygen atoms in total. The largest absolute Gasteiger partial charge is 0.497 e. The first-order valence-electron chi connectivity index (χ1n) is 7.92. The standard InChI is InChI=1S/C18H19ClN4O2/c1-25-16-4-2-3-13(9-16)7-8-20-18(24)21-10-15-12-23-11-14(19)5-6-17(23)22-15/h2-6,9,11-12H,7-8,10H2,1H3,(H2,20,21,24). The van der Waals surface area contributed by atoms with Crippen LogP contribution in [0.2, 0.25) is 5.02 Å². The maximum atomic E-state index is 11.9. The van der Waals surface area contributed by atoms with Gasteiger partial charge >= 0.3 is 6.03 Å². The molecule has 0 atom stereocenters. The van der Waals surface area contributed by atoms with Gasteiger partial charge in [-0.2, -0.15) is 0 Å². The number of carbonyl (C=O) groups excluding carboxylic acids is 1. The summed E-state index contributed by atoms with van der Waals surface area (Å²) in [7, 11) is 1.64. The van der Waals surface area contributed by atoms with Gasteiger partial charge in [0.1, 0.15) is 11.4 Å². The minimum atomic E-state index is -0.224. The van der Waals surface area contributed by atoms with Gasteiger partial charge in [-0.3, -0.25) is 0 Å². The van der Waals surface area contributed by atoms with E-state index in [4.69, 9.17) is 16.3 Å². The first kappa shape index (κ1) is 17.1. The van der Waals surface area contributed by atoms with Crippen LogP contribution in [0.25, 0.3) is 5.65 Å². The number of fused-ring (bicyclic) bond motifs is 1. The number of urea groups is 1. The predicted molar refractivity (Wildman–Crippen MR) is 97.1 cm³/mol. The number of hydrogen-bond donors (Lipinski definition) is 2. The summed E-state index contributed by atoms with van der Waals surface area (Å²) in [5.41, 5.74) is 2.67. The van der Waals surface area contributed by atoms with E-state index in [1.807, 2.05) is 40.9 Å². The fourth-order valence-corrected chi connectivity index (χ4v) is 2.65. The number of methoxy groups -OCH3 is 1. The molecule has 0 aliphatic heterocycles. The Hall–Kier alpha value is -2.73. The number of benzene rings is 1. The number of halogens is 1. The van der Waals surface area contributed by atoms with Crippen molar-refractivity contribution in [1.29, 1.82) is 0 Å². The molecule has 0 radical (unpaired) electrons. The molecule has 7 heteroatoms. The van der Waals surface area contributed by atoms with Gasteiger partial charge in [0.25, 0.3) is 0 Å². The van der Waals surface area contributed by atoms with E-state index in [0.717, 1.165) is 29.1 Å². The van der Waals surface area contributed by atoms with E-state index in [1.54, 1.807) is 19.4 Å². The van der Waals surface area contributed by atoms with Gasteiger partial charge in [0.2, 0.25) is 0 Å². The number of pyridine rings is 1. The quantitative estimate of drug-likeness (QED) is 0.711. The van der Waals surface area contributed by atoms with Gasteiger partial charge in [-0.1, -0.05) is 23.7 Å². The summed E-state index contributed by atoms with van der Waals surface area (Å²) in [5, 5.41) is 6.27. The van der Waals surface area contributed by atoms with E-state index in [1.165, 1.54) is 0 Å². The third-order valence-electron chi connectivity index (χ3n) is 3.73. The normalized spacial score (nSPS) is 10.6. The van der Waals surface area contributed by atoms with Gasteiger partial charge in [-0.15, -0.1) is 0 Å². The average Bonchev–Trinajstić information content (AvgIpc) is 3.02. The molecule has 2 heterocycles. The Kier molecular flexibility index (Phi) is 5.40. The summed E-state index contributed by atoms with van der Waals surface area (Å²) in [6.45, 7) is 0.893. The lowest BCUT2D eigenvalue weighted by molar-refractivity contribution is 0.240. The molecule has 0 spiro atoms. The molecule has 25 heavy (non-hydrogen) atoms. The summed E-state index contributed by atoms with van der Waals surface area (Å²) < 4.78 is 7.02. The highest BCUT2D eigenvalue weighted by Gasteiger charge is 2.05. The van der Waals surface area contributed by atoms with Gasteiger partial charge in [-0.25, -0.2) is 9.78 Å². The summed E-state index contributed by atoms with van der Waals surface area (Å²) in [4.78, 5) is 16.3. The molecule has 0 bridgehead atoms. The SMILES string of the molecule is COc1cccc(CCNC(=O)NCc2cn3cc(Cl)ccc3n2)c1. The van der Waals surface area contributed by atoms with Crippen LogP contribution >= 0.6 is 11.6 Å². The van der Waals surface area contributed by atoms with Crippen LogP contribution in [0.4, 0.5) is 4.79 Å². The third kappa shape index (κ3) is 4.64. The Bertz CT molecular complexity index is 878. The van der Waals surface area contributed by atoms with Crippen LogP contribution in [-0.2, 0) is 13.0 Å². The van der Waals surface area contributed by atoms with Crippen molar-refractivity contribution >= 4 is 23.3 Å². The highest BCUT2D eigenvalue weighted by Crippen LogP contribution is 2.13. The second-order valence-electron chi connectivity index (χ2n) is 5.56. The molecule has 0 unspecified atom stereocenters. The highest BCUT2D eigenvalue weighted by molar-refractivity contribution is 6.30. The van der Waals surface area contributed by atoms with Crippen LogP contribution in [-0.4, -0.2) is 29.1 Å². The van der Waals surface area contributed by atoms with Gasteiger partial charge < -0.3 is 19.8 Å². The van der Waals surface area contributed by atoms with Crippen LogP contribution in [0.15, 0.2) is 48.8 Å². The Morgan fingerprint density at radius 1 is 1.24 bits per heavy atom. The molecule has 2 N–H and O–H groups in total. The summed E-state index contributed by atoms with van der Waals surface area (Å²) in [6.07, 6.45) is 4.36. The van der Waals surface area contributed by atoms with Crippen molar-refractivity contribution in [3.05, 3.63) is 65.1 Å². The zero-order valence-corrected chi connectivity index (χ0v) is 14.6. The van der Waals surface area contributed by atoms with Crippen LogP contribution in [0, 0.1) is 0 Å².